The number of hydrogen-bond acceptors (Lipinski definition) is 5. The Labute approximate surface area is 192 Å². The molecule has 3 rings (SSSR count). The van der Waals surface area contributed by atoms with Crippen LogP contribution >= 0.6 is 27.5 Å². The molecule has 1 heterocycles. The number of hydrogen-bond donors (Lipinski definition) is 1. The molecule has 1 aliphatic rings. The number of amides is 1. The van der Waals surface area contributed by atoms with Gasteiger partial charge in [-0.1, -0.05) is 17.5 Å². The third kappa shape index (κ3) is 4.58. The number of carbonyl (C=O) groups is 2. The molecule has 0 spiro atoms. The van der Waals surface area contributed by atoms with E-state index in [1.54, 1.807) is 25.1 Å². The number of carboxylic acids is 1. The van der Waals surface area contributed by atoms with Gasteiger partial charge in [0, 0.05) is 0 Å². The molecule has 2 aromatic rings. The molecule has 0 bridgehead atoms. The number of aromatic carboxylic acids is 1. The fourth-order valence-corrected chi connectivity index (χ4v) is 3.68. The van der Waals surface area contributed by atoms with E-state index in [1.807, 2.05) is 0 Å². The molecule has 0 saturated carbocycles. The lowest BCUT2D eigenvalue weighted by molar-refractivity contribution is -0.114. The second-order valence-electron chi connectivity index (χ2n) is 6.36. The summed E-state index contributed by atoms with van der Waals surface area (Å²) in [6.45, 7) is 1.77. The molecule has 0 fully saturated rings. The van der Waals surface area contributed by atoms with Crippen LogP contribution in [0.5, 0.6) is 11.5 Å². The highest BCUT2D eigenvalue weighted by Gasteiger charge is 2.29. The van der Waals surface area contributed by atoms with Crippen LogP contribution in [-0.4, -0.2) is 36.4 Å². The minimum absolute atomic E-state index is 0.0726. The number of benzene rings is 2. The maximum atomic E-state index is 13.0. The number of halogens is 2. The number of anilines is 1. The average Bonchev–Trinajstić information content (AvgIpc) is 3.01. The van der Waals surface area contributed by atoms with Crippen LogP contribution in [0.15, 0.2) is 45.5 Å². The minimum Gasteiger partial charge on any atom is -0.493 e. The summed E-state index contributed by atoms with van der Waals surface area (Å²) < 4.78 is 11.5. The molecule has 0 atom stereocenters. The van der Waals surface area contributed by atoms with Crippen molar-refractivity contribution in [2.45, 2.75) is 6.92 Å². The smallest absolute Gasteiger partial charge is 0.337 e. The van der Waals surface area contributed by atoms with Gasteiger partial charge in [-0.2, -0.15) is 10.1 Å². The summed E-state index contributed by atoms with van der Waals surface area (Å²) in [7, 11) is 1.50. The molecule has 31 heavy (non-hydrogen) atoms. The van der Waals surface area contributed by atoms with Crippen molar-refractivity contribution in [1.82, 2.24) is 0 Å². The van der Waals surface area contributed by atoms with Gasteiger partial charge in [-0.25, -0.2) is 4.79 Å². The predicted octanol–water partition coefficient (Wildman–Crippen LogP) is 4.63. The fourth-order valence-electron chi connectivity index (χ4n) is 2.91. The van der Waals surface area contributed by atoms with E-state index in [9.17, 15) is 14.7 Å². The van der Waals surface area contributed by atoms with Gasteiger partial charge in [-0.15, -0.1) is 6.42 Å². The maximum absolute atomic E-state index is 13.0. The lowest BCUT2D eigenvalue weighted by Gasteiger charge is -2.13. The van der Waals surface area contributed by atoms with Gasteiger partial charge in [-0.05, 0) is 64.8 Å². The molecule has 1 N–H and O–H groups in total. The third-order valence-corrected chi connectivity index (χ3v) is 5.27. The first-order valence-corrected chi connectivity index (χ1v) is 10.0. The zero-order valence-electron chi connectivity index (χ0n) is 16.5. The van der Waals surface area contributed by atoms with Crippen LogP contribution in [0.1, 0.15) is 22.8 Å². The summed E-state index contributed by atoms with van der Waals surface area (Å²) in [5, 5.41) is 14.8. The monoisotopic (exact) mass is 502 g/mol. The molecular formula is C22H16BrClN2O5. The number of terminal acetylenes is 1. The van der Waals surface area contributed by atoms with Gasteiger partial charge in [-0.3, -0.25) is 4.79 Å². The second kappa shape index (κ2) is 9.25. The van der Waals surface area contributed by atoms with E-state index >= 15 is 0 Å². The Morgan fingerprint density at radius 3 is 2.77 bits per heavy atom. The first-order valence-electron chi connectivity index (χ1n) is 8.85. The lowest BCUT2D eigenvalue weighted by atomic mass is 10.1. The van der Waals surface area contributed by atoms with E-state index in [-0.39, 0.29) is 17.2 Å². The molecule has 9 heteroatoms. The van der Waals surface area contributed by atoms with E-state index in [4.69, 9.17) is 27.5 Å². The minimum atomic E-state index is -1.20. The van der Waals surface area contributed by atoms with Crippen molar-refractivity contribution in [3.05, 3.63) is 56.5 Å². The Morgan fingerprint density at radius 2 is 2.13 bits per heavy atom. The van der Waals surface area contributed by atoms with E-state index in [0.717, 1.165) is 5.01 Å². The molecule has 1 aliphatic heterocycles. The second-order valence-corrected chi connectivity index (χ2v) is 7.62. The van der Waals surface area contributed by atoms with E-state index in [1.165, 1.54) is 25.3 Å². The average molecular weight is 504 g/mol. The van der Waals surface area contributed by atoms with Crippen molar-refractivity contribution in [3.63, 3.8) is 0 Å². The number of hydrazone groups is 1. The molecular weight excluding hydrogens is 488 g/mol. The van der Waals surface area contributed by atoms with Crippen molar-refractivity contribution >= 4 is 56.9 Å². The van der Waals surface area contributed by atoms with Crippen LogP contribution in [0.3, 0.4) is 0 Å². The van der Waals surface area contributed by atoms with Gasteiger partial charge in [0.25, 0.3) is 5.91 Å². The van der Waals surface area contributed by atoms with Crippen molar-refractivity contribution in [2.24, 2.45) is 5.10 Å². The largest absolute Gasteiger partial charge is 0.493 e. The van der Waals surface area contributed by atoms with Gasteiger partial charge in [0.15, 0.2) is 11.5 Å². The molecule has 158 valence electrons. The fraction of sp³-hybridized carbons (Fsp3) is 0.136. The molecule has 0 radical (unpaired) electrons. The number of methoxy groups -OCH3 is 1. The van der Waals surface area contributed by atoms with Crippen molar-refractivity contribution in [3.8, 4) is 23.8 Å². The maximum Gasteiger partial charge on any atom is 0.337 e. The summed E-state index contributed by atoms with van der Waals surface area (Å²) in [5.74, 6) is 1.69. The Kier molecular flexibility index (Phi) is 6.68. The van der Waals surface area contributed by atoms with E-state index in [0.29, 0.717) is 38.5 Å². The van der Waals surface area contributed by atoms with Crippen molar-refractivity contribution < 1.29 is 24.2 Å². The van der Waals surface area contributed by atoms with Crippen molar-refractivity contribution in [1.29, 1.82) is 0 Å². The Balaban J connectivity index is 1.97. The Hall–Kier alpha value is -3.28. The van der Waals surface area contributed by atoms with Crippen LogP contribution in [0.4, 0.5) is 5.69 Å². The Bertz CT molecular complexity index is 1180. The molecule has 2 aromatic carbocycles. The van der Waals surface area contributed by atoms with Crippen LogP contribution in [0, 0.1) is 12.3 Å². The van der Waals surface area contributed by atoms with Gasteiger partial charge in [0.05, 0.1) is 39.1 Å². The summed E-state index contributed by atoms with van der Waals surface area (Å²) in [6, 6.07) is 7.72. The highest BCUT2D eigenvalue weighted by Crippen LogP contribution is 2.38. The quantitative estimate of drug-likeness (QED) is 0.459. The zero-order valence-corrected chi connectivity index (χ0v) is 18.8. The number of ether oxygens (including phenoxy) is 2. The number of rotatable bonds is 6. The van der Waals surface area contributed by atoms with E-state index < -0.39 is 11.9 Å². The lowest BCUT2D eigenvalue weighted by Crippen LogP contribution is -2.21. The summed E-state index contributed by atoms with van der Waals surface area (Å²) in [4.78, 5) is 24.4. The molecule has 1 amide bonds. The summed E-state index contributed by atoms with van der Waals surface area (Å²) in [5.41, 5.74) is 1.66. The van der Waals surface area contributed by atoms with Crippen LogP contribution in [0.2, 0.25) is 5.02 Å². The third-order valence-electron chi connectivity index (χ3n) is 4.35. The molecule has 0 aliphatic carbocycles. The standard InChI is InChI=1S/C22H16BrClN2O5/c1-4-7-31-20-17(23)9-13(10-19(20)30-3)8-15-12(2)25-26(21(15)27)14-5-6-18(24)16(11-14)22(28)29/h1,5-6,8-11H,7H2,2-3H3,(H,28,29)/b15-8-. The van der Waals surface area contributed by atoms with Crippen LogP contribution < -0.4 is 14.5 Å². The Morgan fingerprint density at radius 1 is 1.39 bits per heavy atom. The van der Waals surface area contributed by atoms with E-state index in [2.05, 4.69) is 27.0 Å². The van der Waals surface area contributed by atoms with Gasteiger partial charge >= 0.3 is 5.97 Å². The summed E-state index contributed by atoms with van der Waals surface area (Å²) >= 11 is 9.35. The number of carbonyl (C=O) groups excluding carboxylic acids is 1. The van der Waals surface area contributed by atoms with Gasteiger partial charge in [0.2, 0.25) is 0 Å². The summed E-state index contributed by atoms with van der Waals surface area (Å²) in [6.07, 6.45) is 6.91. The van der Waals surface area contributed by atoms with Crippen LogP contribution in [-0.2, 0) is 4.79 Å². The topological polar surface area (TPSA) is 88.4 Å². The first kappa shape index (κ1) is 22.4. The van der Waals surface area contributed by atoms with Crippen molar-refractivity contribution in [2.75, 3.05) is 18.7 Å². The molecule has 0 aromatic heterocycles. The first-order chi connectivity index (χ1) is 14.8. The zero-order chi connectivity index (χ0) is 22.7. The number of carboxylic acid groups (broad SMARTS) is 1. The molecule has 7 nitrogen and oxygen atoms in total. The normalized spacial score (nSPS) is 14.4. The van der Waals surface area contributed by atoms with Crippen LogP contribution in [0.25, 0.3) is 6.08 Å². The number of nitrogens with zero attached hydrogens (tertiary/aromatic N) is 2. The predicted molar refractivity (Wildman–Crippen MR) is 122 cm³/mol. The van der Waals surface area contributed by atoms with Gasteiger partial charge < -0.3 is 14.6 Å². The molecule has 0 unspecified atom stereocenters. The highest BCUT2D eigenvalue weighted by atomic mass is 79.9. The van der Waals surface area contributed by atoms with Gasteiger partial charge in [0.1, 0.15) is 6.61 Å². The highest BCUT2D eigenvalue weighted by molar-refractivity contribution is 9.10. The molecule has 0 saturated heterocycles. The SMILES string of the molecule is C#CCOc1c(Br)cc(/C=C2\C(=O)N(c3ccc(Cl)c(C(=O)O)c3)N=C2C)cc1OC.